The van der Waals surface area contributed by atoms with Gasteiger partial charge in [-0.15, -0.1) is 0 Å². The SMILES string of the molecule is CCCCCN1C(=O)C(=O)/C(=C(\O)c2cccc([N+](=O)[O-])c2)C1c1ccncc1. The van der Waals surface area contributed by atoms with Crippen molar-refractivity contribution in [3.63, 3.8) is 0 Å². The van der Waals surface area contributed by atoms with Crippen LogP contribution in [0.2, 0.25) is 0 Å². The Bertz CT molecular complexity index is 971. The molecule has 0 radical (unpaired) electrons. The number of benzene rings is 1. The van der Waals surface area contributed by atoms with Crippen LogP contribution in [-0.2, 0) is 9.59 Å². The standard InChI is InChI=1S/C21H21N3O5/c1-2-3-4-12-23-18(14-8-10-22-11-9-14)17(20(26)21(23)27)19(25)15-6-5-7-16(13-15)24(28)29/h5-11,13,18,25H,2-4,12H2,1H3/b19-17-. The molecule has 1 atom stereocenters. The van der Waals surface area contributed by atoms with Gasteiger partial charge in [0.05, 0.1) is 16.5 Å². The van der Waals surface area contributed by atoms with E-state index < -0.39 is 28.4 Å². The number of non-ortho nitro benzene ring substituents is 1. The van der Waals surface area contributed by atoms with Crippen molar-refractivity contribution in [2.45, 2.75) is 32.2 Å². The van der Waals surface area contributed by atoms with Crippen molar-refractivity contribution < 1.29 is 19.6 Å². The van der Waals surface area contributed by atoms with Crippen molar-refractivity contribution in [1.29, 1.82) is 0 Å². The van der Waals surface area contributed by atoms with Gasteiger partial charge in [-0.3, -0.25) is 24.7 Å². The first kappa shape index (κ1) is 20.2. The molecule has 1 fully saturated rings. The first-order valence-corrected chi connectivity index (χ1v) is 9.38. The lowest BCUT2D eigenvalue weighted by atomic mass is 9.95. The summed E-state index contributed by atoms with van der Waals surface area (Å²) < 4.78 is 0. The number of aromatic nitrogens is 1. The summed E-state index contributed by atoms with van der Waals surface area (Å²) in [6, 6.07) is 7.97. The number of likely N-dealkylation sites (tertiary alicyclic amines) is 1. The lowest BCUT2D eigenvalue weighted by Gasteiger charge is -2.25. The molecule has 0 saturated carbocycles. The minimum absolute atomic E-state index is 0.0711. The Morgan fingerprint density at radius 1 is 1.21 bits per heavy atom. The number of rotatable bonds is 7. The quantitative estimate of drug-likeness (QED) is 0.191. The molecular weight excluding hydrogens is 374 g/mol. The van der Waals surface area contributed by atoms with Gasteiger partial charge in [0.25, 0.3) is 17.4 Å². The van der Waals surface area contributed by atoms with Crippen LogP contribution in [0.5, 0.6) is 0 Å². The van der Waals surface area contributed by atoms with E-state index in [0.717, 1.165) is 19.3 Å². The molecule has 1 aliphatic rings. The summed E-state index contributed by atoms with van der Waals surface area (Å²) >= 11 is 0. The summed E-state index contributed by atoms with van der Waals surface area (Å²) in [5.74, 6) is -1.91. The first-order chi connectivity index (χ1) is 14.0. The minimum atomic E-state index is -0.799. The number of nitro groups is 1. The van der Waals surface area contributed by atoms with Gasteiger partial charge in [0.15, 0.2) is 0 Å². The third kappa shape index (κ3) is 4.01. The van der Waals surface area contributed by atoms with Gasteiger partial charge >= 0.3 is 0 Å². The molecule has 8 nitrogen and oxygen atoms in total. The molecular formula is C21H21N3O5. The van der Waals surface area contributed by atoms with Crippen LogP contribution in [0.3, 0.4) is 0 Å². The second-order valence-electron chi connectivity index (χ2n) is 6.79. The average Bonchev–Trinajstić information content (AvgIpc) is 2.99. The zero-order valence-corrected chi connectivity index (χ0v) is 15.9. The van der Waals surface area contributed by atoms with E-state index in [0.29, 0.717) is 12.1 Å². The average molecular weight is 395 g/mol. The molecule has 1 aromatic carbocycles. The van der Waals surface area contributed by atoms with Crippen molar-refractivity contribution in [2.75, 3.05) is 6.54 Å². The Balaban J connectivity index is 2.12. The number of carbonyl (C=O) groups excluding carboxylic acids is 2. The van der Waals surface area contributed by atoms with Gasteiger partial charge < -0.3 is 10.0 Å². The highest BCUT2D eigenvalue weighted by Gasteiger charge is 2.45. The molecule has 3 rings (SSSR count). The van der Waals surface area contributed by atoms with Crippen LogP contribution < -0.4 is 0 Å². The monoisotopic (exact) mass is 395 g/mol. The molecule has 2 aromatic rings. The Kier molecular flexibility index (Phi) is 6.01. The Hall–Kier alpha value is -3.55. The number of pyridine rings is 1. The van der Waals surface area contributed by atoms with E-state index in [9.17, 15) is 24.8 Å². The summed E-state index contributed by atoms with van der Waals surface area (Å²) in [4.78, 5) is 41.4. The lowest BCUT2D eigenvalue weighted by molar-refractivity contribution is -0.384. The third-order valence-electron chi connectivity index (χ3n) is 4.89. The van der Waals surface area contributed by atoms with Crippen LogP contribution in [0, 0.1) is 10.1 Å². The van der Waals surface area contributed by atoms with E-state index in [4.69, 9.17) is 0 Å². The molecule has 0 bridgehead atoms. The van der Waals surface area contributed by atoms with Crippen molar-refractivity contribution in [3.05, 3.63) is 75.6 Å². The van der Waals surface area contributed by atoms with Gasteiger partial charge in [-0.1, -0.05) is 31.9 Å². The number of Topliss-reactive ketones (excluding diaryl/α,β-unsaturated/α-hetero) is 1. The van der Waals surface area contributed by atoms with Crippen molar-refractivity contribution in [3.8, 4) is 0 Å². The van der Waals surface area contributed by atoms with Crippen LogP contribution in [0.15, 0.2) is 54.4 Å². The molecule has 1 amide bonds. The molecule has 2 heterocycles. The van der Waals surface area contributed by atoms with Gasteiger partial charge in [-0.05, 0) is 24.1 Å². The predicted octanol–water partition coefficient (Wildman–Crippen LogP) is 3.60. The zero-order valence-electron chi connectivity index (χ0n) is 15.9. The fourth-order valence-corrected chi connectivity index (χ4v) is 3.46. The van der Waals surface area contributed by atoms with Crippen molar-refractivity contribution in [1.82, 2.24) is 9.88 Å². The fourth-order valence-electron chi connectivity index (χ4n) is 3.46. The number of amides is 1. The number of hydrogen-bond donors (Lipinski definition) is 1. The highest BCUT2D eigenvalue weighted by atomic mass is 16.6. The van der Waals surface area contributed by atoms with Crippen molar-refractivity contribution >= 4 is 23.1 Å². The molecule has 1 N–H and O–H groups in total. The predicted molar refractivity (Wildman–Crippen MR) is 106 cm³/mol. The molecule has 150 valence electrons. The number of nitrogens with zero attached hydrogens (tertiary/aromatic N) is 3. The Morgan fingerprint density at radius 3 is 2.59 bits per heavy atom. The van der Waals surface area contributed by atoms with E-state index in [2.05, 4.69) is 4.98 Å². The maximum Gasteiger partial charge on any atom is 0.295 e. The normalized spacial score (nSPS) is 18.2. The largest absolute Gasteiger partial charge is 0.507 e. The molecule has 1 aliphatic heterocycles. The number of hydrogen-bond acceptors (Lipinski definition) is 6. The number of unbranched alkanes of at least 4 members (excludes halogenated alkanes) is 2. The summed E-state index contributed by atoms with van der Waals surface area (Å²) in [5.41, 5.74) is 0.470. The van der Waals surface area contributed by atoms with Gasteiger partial charge in [0.1, 0.15) is 5.76 Å². The van der Waals surface area contributed by atoms with Crippen LogP contribution in [0.1, 0.15) is 43.4 Å². The molecule has 8 heteroatoms. The van der Waals surface area contributed by atoms with Crippen LogP contribution in [0.4, 0.5) is 5.69 Å². The number of aliphatic hydroxyl groups excluding tert-OH is 1. The Labute approximate surface area is 167 Å². The number of ketones is 1. The molecule has 0 aliphatic carbocycles. The van der Waals surface area contributed by atoms with E-state index >= 15 is 0 Å². The molecule has 29 heavy (non-hydrogen) atoms. The highest BCUT2D eigenvalue weighted by molar-refractivity contribution is 6.46. The topological polar surface area (TPSA) is 114 Å². The highest BCUT2D eigenvalue weighted by Crippen LogP contribution is 2.39. The molecule has 1 unspecified atom stereocenters. The zero-order chi connectivity index (χ0) is 21.0. The number of nitro benzene ring substituents is 1. The Morgan fingerprint density at radius 2 is 1.93 bits per heavy atom. The van der Waals surface area contributed by atoms with Gasteiger partial charge in [0.2, 0.25) is 0 Å². The first-order valence-electron chi connectivity index (χ1n) is 9.38. The molecule has 1 saturated heterocycles. The third-order valence-corrected chi connectivity index (χ3v) is 4.89. The van der Waals surface area contributed by atoms with E-state index in [-0.39, 0.29) is 16.8 Å². The summed E-state index contributed by atoms with van der Waals surface area (Å²) in [7, 11) is 0. The summed E-state index contributed by atoms with van der Waals surface area (Å²) in [5, 5.41) is 21.9. The summed E-state index contributed by atoms with van der Waals surface area (Å²) in [6.07, 6.45) is 5.68. The maximum atomic E-state index is 12.8. The molecule has 0 spiro atoms. The number of aliphatic hydroxyl groups is 1. The second-order valence-corrected chi connectivity index (χ2v) is 6.79. The van der Waals surface area contributed by atoms with Gasteiger partial charge in [0, 0.05) is 36.6 Å². The minimum Gasteiger partial charge on any atom is -0.507 e. The van der Waals surface area contributed by atoms with Crippen LogP contribution in [-0.4, -0.2) is 38.1 Å². The lowest BCUT2D eigenvalue weighted by Crippen LogP contribution is -2.30. The molecule has 1 aromatic heterocycles. The smallest absolute Gasteiger partial charge is 0.295 e. The van der Waals surface area contributed by atoms with E-state index in [1.165, 1.54) is 29.2 Å². The summed E-state index contributed by atoms with van der Waals surface area (Å²) in [6.45, 7) is 2.41. The van der Waals surface area contributed by atoms with Gasteiger partial charge in [-0.2, -0.15) is 0 Å². The van der Waals surface area contributed by atoms with Crippen LogP contribution >= 0.6 is 0 Å². The van der Waals surface area contributed by atoms with Crippen molar-refractivity contribution in [2.24, 2.45) is 0 Å². The fraction of sp³-hybridized carbons (Fsp3) is 0.286. The van der Waals surface area contributed by atoms with Crippen LogP contribution in [0.25, 0.3) is 5.76 Å². The number of carbonyl (C=O) groups is 2. The second kappa shape index (κ2) is 8.64. The van der Waals surface area contributed by atoms with E-state index in [1.807, 2.05) is 6.92 Å². The van der Waals surface area contributed by atoms with E-state index in [1.54, 1.807) is 24.5 Å². The van der Waals surface area contributed by atoms with Gasteiger partial charge in [-0.25, -0.2) is 0 Å². The maximum absolute atomic E-state index is 12.8.